The highest BCUT2D eigenvalue weighted by atomic mass is 16.2. The van der Waals surface area contributed by atoms with Crippen molar-refractivity contribution in [3.05, 3.63) is 0 Å². The van der Waals surface area contributed by atoms with Crippen LogP contribution in [0.1, 0.15) is 26.7 Å². The van der Waals surface area contributed by atoms with Crippen LogP contribution in [0.15, 0.2) is 0 Å². The van der Waals surface area contributed by atoms with Crippen LogP contribution in [0.3, 0.4) is 0 Å². The Kier molecular flexibility index (Phi) is 5.22. The molecule has 16 heavy (non-hydrogen) atoms. The Balaban J connectivity index is 2.59. The summed E-state index contributed by atoms with van der Waals surface area (Å²) in [6, 6.07) is -0.116. The minimum Gasteiger partial charge on any atom is -0.341 e. The number of amides is 1. The van der Waals surface area contributed by atoms with Crippen LogP contribution in [0.25, 0.3) is 0 Å². The zero-order valence-electron chi connectivity index (χ0n) is 10.8. The van der Waals surface area contributed by atoms with E-state index in [2.05, 4.69) is 18.7 Å². The molecule has 1 heterocycles. The first-order valence-electron chi connectivity index (χ1n) is 6.25. The molecule has 0 aromatic heterocycles. The lowest BCUT2D eigenvalue weighted by atomic mass is 10.1. The van der Waals surface area contributed by atoms with Gasteiger partial charge in [-0.25, -0.2) is 0 Å². The average molecular weight is 227 g/mol. The Morgan fingerprint density at radius 1 is 1.44 bits per heavy atom. The zero-order chi connectivity index (χ0) is 12.1. The Morgan fingerprint density at radius 2 is 2.12 bits per heavy atom. The Morgan fingerprint density at radius 3 is 2.69 bits per heavy atom. The van der Waals surface area contributed by atoms with Gasteiger partial charge in [-0.2, -0.15) is 0 Å². The van der Waals surface area contributed by atoms with Gasteiger partial charge in [-0.15, -0.1) is 0 Å². The number of nitrogens with two attached hydrogens (primary N) is 1. The number of likely N-dealkylation sites (N-methyl/N-ethyl adjacent to an activating group) is 1. The van der Waals surface area contributed by atoms with Crippen molar-refractivity contribution in [3.63, 3.8) is 0 Å². The first-order chi connectivity index (χ1) is 7.56. The van der Waals surface area contributed by atoms with Crippen molar-refractivity contribution >= 4 is 5.91 Å². The predicted molar refractivity (Wildman–Crippen MR) is 66.1 cm³/mol. The van der Waals surface area contributed by atoms with Crippen molar-refractivity contribution < 1.29 is 4.79 Å². The van der Waals surface area contributed by atoms with Crippen LogP contribution in [0.5, 0.6) is 0 Å². The van der Waals surface area contributed by atoms with E-state index in [-0.39, 0.29) is 11.9 Å². The summed E-state index contributed by atoms with van der Waals surface area (Å²) in [7, 11) is 1.99. The van der Waals surface area contributed by atoms with Crippen molar-refractivity contribution in [3.8, 4) is 0 Å². The van der Waals surface area contributed by atoms with E-state index < -0.39 is 0 Å². The second-order valence-corrected chi connectivity index (χ2v) is 5.09. The number of carbonyl (C=O) groups excluding carboxylic acids is 1. The minimum absolute atomic E-state index is 0.116. The fourth-order valence-corrected chi connectivity index (χ4v) is 2.09. The molecular formula is C12H25N3O. The molecule has 0 aromatic rings. The quantitative estimate of drug-likeness (QED) is 0.762. The first-order valence-corrected chi connectivity index (χ1v) is 6.25. The Labute approximate surface area is 98.8 Å². The summed E-state index contributed by atoms with van der Waals surface area (Å²) >= 11 is 0. The summed E-state index contributed by atoms with van der Waals surface area (Å²) in [4.78, 5) is 16.3. The molecule has 0 saturated carbocycles. The van der Waals surface area contributed by atoms with Crippen molar-refractivity contribution in [1.29, 1.82) is 0 Å². The van der Waals surface area contributed by atoms with Gasteiger partial charge in [0.25, 0.3) is 0 Å². The van der Waals surface area contributed by atoms with Crippen molar-refractivity contribution in [2.24, 2.45) is 11.7 Å². The summed E-state index contributed by atoms with van der Waals surface area (Å²) < 4.78 is 0. The summed E-state index contributed by atoms with van der Waals surface area (Å²) in [5, 5.41) is 0. The maximum Gasteiger partial charge on any atom is 0.241 e. The van der Waals surface area contributed by atoms with Gasteiger partial charge in [0, 0.05) is 26.2 Å². The van der Waals surface area contributed by atoms with E-state index in [9.17, 15) is 4.79 Å². The molecule has 1 unspecified atom stereocenters. The summed E-state index contributed by atoms with van der Waals surface area (Å²) in [5.41, 5.74) is 5.68. The monoisotopic (exact) mass is 227 g/mol. The lowest BCUT2D eigenvalue weighted by molar-refractivity contribution is -0.134. The molecule has 1 saturated heterocycles. The zero-order valence-corrected chi connectivity index (χ0v) is 10.8. The van der Waals surface area contributed by atoms with Crippen LogP contribution in [0.4, 0.5) is 0 Å². The van der Waals surface area contributed by atoms with Crippen LogP contribution in [0.2, 0.25) is 0 Å². The van der Waals surface area contributed by atoms with E-state index in [1.54, 1.807) is 0 Å². The molecule has 1 rings (SSSR count). The molecule has 0 spiro atoms. The van der Waals surface area contributed by atoms with Crippen LogP contribution in [0, 0.1) is 5.92 Å². The Bertz CT molecular complexity index is 230. The van der Waals surface area contributed by atoms with Gasteiger partial charge in [0.1, 0.15) is 6.04 Å². The number of carbonyl (C=O) groups is 1. The van der Waals surface area contributed by atoms with E-state index in [1.165, 1.54) is 0 Å². The van der Waals surface area contributed by atoms with Crippen LogP contribution >= 0.6 is 0 Å². The fraction of sp³-hybridized carbons (Fsp3) is 0.917. The molecule has 1 amide bonds. The lowest BCUT2D eigenvalue weighted by Crippen LogP contribution is -2.48. The number of rotatable bonds is 4. The third-order valence-electron chi connectivity index (χ3n) is 3.27. The standard InChI is InChI=1S/C12H25N3O/c1-10(2)5-8-15-7-4-6-14(3)11(9-13)12(15)16/h10-11H,4-9,13H2,1-3H3. The third kappa shape index (κ3) is 3.46. The summed E-state index contributed by atoms with van der Waals surface area (Å²) in [6.07, 6.45) is 2.13. The van der Waals surface area contributed by atoms with E-state index in [0.29, 0.717) is 12.5 Å². The molecule has 0 aliphatic carbocycles. The molecule has 1 fully saturated rings. The minimum atomic E-state index is -0.116. The highest BCUT2D eigenvalue weighted by Crippen LogP contribution is 2.11. The smallest absolute Gasteiger partial charge is 0.241 e. The van der Waals surface area contributed by atoms with Gasteiger partial charge in [-0.05, 0) is 25.8 Å². The molecular weight excluding hydrogens is 202 g/mol. The van der Waals surface area contributed by atoms with Crippen molar-refractivity contribution in [2.45, 2.75) is 32.7 Å². The normalized spacial score (nSPS) is 23.9. The molecule has 4 heteroatoms. The molecule has 1 aliphatic rings. The van der Waals surface area contributed by atoms with Crippen molar-refractivity contribution in [2.75, 3.05) is 33.2 Å². The predicted octanol–water partition coefficient (Wildman–Crippen LogP) is 0.524. The molecule has 2 N–H and O–H groups in total. The highest BCUT2D eigenvalue weighted by Gasteiger charge is 2.29. The van der Waals surface area contributed by atoms with Crippen molar-refractivity contribution in [1.82, 2.24) is 9.80 Å². The molecule has 0 aromatic carbocycles. The second-order valence-electron chi connectivity index (χ2n) is 5.09. The van der Waals surface area contributed by atoms with E-state index in [1.807, 2.05) is 11.9 Å². The second kappa shape index (κ2) is 6.21. The number of hydrogen-bond donors (Lipinski definition) is 1. The summed E-state index contributed by atoms with van der Waals surface area (Å²) in [6.45, 7) is 7.52. The first kappa shape index (κ1) is 13.5. The van der Waals surface area contributed by atoms with E-state index in [4.69, 9.17) is 5.73 Å². The van der Waals surface area contributed by atoms with Gasteiger partial charge < -0.3 is 10.6 Å². The third-order valence-corrected chi connectivity index (χ3v) is 3.27. The van der Waals surface area contributed by atoms with Gasteiger partial charge in [0.05, 0.1) is 0 Å². The van der Waals surface area contributed by atoms with Crippen LogP contribution < -0.4 is 5.73 Å². The van der Waals surface area contributed by atoms with Gasteiger partial charge >= 0.3 is 0 Å². The highest BCUT2D eigenvalue weighted by molar-refractivity contribution is 5.82. The summed E-state index contributed by atoms with van der Waals surface area (Å²) in [5.74, 6) is 0.855. The molecule has 1 atom stereocenters. The molecule has 0 bridgehead atoms. The van der Waals surface area contributed by atoms with E-state index in [0.717, 1.165) is 32.5 Å². The molecule has 1 aliphatic heterocycles. The number of nitrogens with zero attached hydrogens (tertiary/aromatic N) is 2. The largest absolute Gasteiger partial charge is 0.341 e. The maximum absolute atomic E-state index is 12.2. The van der Waals surface area contributed by atoms with Gasteiger partial charge in [-0.3, -0.25) is 9.69 Å². The van der Waals surface area contributed by atoms with Crippen LogP contribution in [-0.4, -0.2) is 55.0 Å². The molecule has 94 valence electrons. The maximum atomic E-state index is 12.2. The molecule has 4 nitrogen and oxygen atoms in total. The van der Waals surface area contributed by atoms with E-state index >= 15 is 0 Å². The number of hydrogen-bond acceptors (Lipinski definition) is 3. The van der Waals surface area contributed by atoms with Gasteiger partial charge in [-0.1, -0.05) is 13.8 Å². The van der Waals surface area contributed by atoms with Gasteiger partial charge in [0.15, 0.2) is 0 Å². The fourth-order valence-electron chi connectivity index (χ4n) is 2.09. The SMILES string of the molecule is CC(C)CCN1CCCN(C)C(CN)C1=O. The molecule has 0 radical (unpaired) electrons. The average Bonchev–Trinajstić information content (AvgIpc) is 2.35. The topological polar surface area (TPSA) is 49.6 Å². The van der Waals surface area contributed by atoms with Crippen LogP contribution in [-0.2, 0) is 4.79 Å². The Hall–Kier alpha value is -0.610. The lowest BCUT2D eigenvalue weighted by Gasteiger charge is -2.27. The van der Waals surface area contributed by atoms with Gasteiger partial charge in [0.2, 0.25) is 5.91 Å².